The zero-order valence-corrected chi connectivity index (χ0v) is 18.4. The van der Waals surface area contributed by atoms with Gasteiger partial charge in [-0.25, -0.2) is 18.8 Å². The number of rotatable bonds is 3. The van der Waals surface area contributed by atoms with Crippen molar-refractivity contribution in [1.29, 1.82) is 0 Å². The predicted molar refractivity (Wildman–Crippen MR) is 122 cm³/mol. The summed E-state index contributed by atoms with van der Waals surface area (Å²) in [7, 11) is 1.84. The molecule has 2 aromatic carbocycles. The highest BCUT2D eigenvalue weighted by atomic mass is 32.2. The van der Waals surface area contributed by atoms with Gasteiger partial charge in [-0.05, 0) is 49.2 Å². The van der Waals surface area contributed by atoms with E-state index in [1.807, 2.05) is 20.0 Å². The number of oxazole rings is 1. The van der Waals surface area contributed by atoms with Crippen LogP contribution < -0.4 is 5.73 Å². The third-order valence-electron chi connectivity index (χ3n) is 5.23. The number of fused-ring (bicyclic) bond motifs is 1. The van der Waals surface area contributed by atoms with Gasteiger partial charge in [0.2, 0.25) is 11.9 Å². The Labute approximate surface area is 185 Å². The Hall–Kier alpha value is -2.91. The van der Waals surface area contributed by atoms with Crippen molar-refractivity contribution in [3.8, 4) is 22.8 Å². The molecule has 5 rings (SSSR count). The highest BCUT2D eigenvalue weighted by Gasteiger charge is 2.37. The summed E-state index contributed by atoms with van der Waals surface area (Å²) in [6, 6.07) is 11.3. The Morgan fingerprint density at radius 1 is 1.16 bits per heavy atom. The summed E-state index contributed by atoms with van der Waals surface area (Å²) in [5, 5.41) is 0.510. The first-order valence-electron chi connectivity index (χ1n) is 9.51. The molecule has 0 spiro atoms. The van der Waals surface area contributed by atoms with Crippen molar-refractivity contribution in [2.45, 2.75) is 12.5 Å². The van der Waals surface area contributed by atoms with Crippen LogP contribution in [0.2, 0.25) is 0 Å². The fourth-order valence-electron chi connectivity index (χ4n) is 3.51. The second-order valence-electron chi connectivity index (χ2n) is 7.48. The summed E-state index contributed by atoms with van der Waals surface area (Å²) in [6.07, 6.45) is 1.61. The van der Waals surface area contributed by atoms with Crippen molar-refractivity contribution in [3.05, 3.63) is 65.2 Å². The lowest BCUT2D eigenvalue weighted by molar-refractivity contribution is 0.512. The first-order valence-corrected chi connectivity index (χ1v) is 11.3. The molecule has 0 fully saturated rings. The third kappa shape index (κ3) is 3.37. The summed E-state index contributed by atoms with van der Waals surface area (Å²) in [6.45, 7) is 1.90. The zero-order valence-electron chi connectivity index (χ0n) is 16.7. The minimum Gasteiger partial charge on any atom is -0.436 e. The Morgan fingerprint density at radius 3 is 2.68 bits per heavy atom. The van der Waals surface area contributed by atoms with Crippen LogP contribution in [0, 0.1) is 11.6 Å². The van der Waals surface area contributed by atoms with E-state index in [-0.39, 0.29) is 11.6 Å². The highest BCUT2D eigenvalue weighted by molar-refractivity contribution is 7.97. The van der Waals surface area contributed by atoms with Crippen LogP contribution in [0.25, 0.3) is 32.9 Å². The van der Waals surface area contributed by atoms with E-state index in [1.165, 1.54) is 35.4 Å². The Morgan fingerprint density at radius 2 is 1.94 bits per heavy atom. The van der Waals surface area contributed by atoms with Gasteiger partial charge < -0.3 is 10.2 Å². The van der Waals surface area contributed by atoms with Gasteiger partial charge in [-0.15, -0.1) is 11.3 Å². The quantitative estimate of drug-likeness (QED) is 0.405. The number of aromatic nitrogens is 1. The maximum Gasteiger partial charge on any atom is 0.226 e. The molecule has 0 radical (unpaired) electrons. The van der Waals surface area contributed by atoms with Gasteiger partial charge in [-0.1, -0.05) is 12.1 Å². The monoisotopic (exact) mass is 456 g/mol. The summed E-state index contributed by atoms with van der Waals surface area (Å²) in [5.74, 6) is 1.23. The van der Waals surface area contributed by atoms with Crippen molar-refractivity contribution in [2.75, 3.05) is 12.8 Å². The summed E-state index contributed by atoms with van der Waals surface area (Å²) < 4.78 is 37.2. The number of nitrogens with two attached hydrogens (primary N) is 1. The molecule has 1 atom stereocenters. The zero-order chi connectivity index (χ0) is 21.8. The van der Waals surface area contributed by atoms with Crippen molar-refractivity contribution in [2.24, 2.45) is 10.7 Å². The molecule has 2 N–H and O–H groups in total. The molecular formula is C22H18F2N4OS2. The SMILES string of the molecule is CN1SCC(C)(c2sc3c(-c4cnc(-c5ccc(F)cc5)o4)cccc3c2F)N=C1N. The topological polar surface area (TPSA) is 67.7 Å². The Kier molecular flexibility index (Phi) is 4.75. The number of hydrogen-bond donors (Lipinski definition) is 1. The molecule has 5 nitrogen and oxygen atoms in total. The average Bonchev–Trinajstić information content (AvgIpc) is 3.37. The van der Waals surface area contributed by atoms with Crippen molar-refractivity contribution < 1.29 is 13.2 Å². The van der Waals surface area contributed by atoms with Gasteiger partial charge in [-0.2, -0.15) is 0 Å². The van der Waals surface area contributed by atoms with Crippen LogP contribution in [-0.2, 0) is 5.54 Å². The van der Waals surface area contributed by atoms with Crippen molar-refractivity contribution in [3.63, 3.8) is 0 Å². The second-order valence-corrected chi connectivity index (χ2v) is 9.59. The van der Waals surface area contributed by atoms with Gasteiger partial charge in [-0.3, -0.25) is 4.31 Å². The lowest BCUT2D eigenvalue weighted by Crippen LogP contribution is -2.40. The third-order valence-corrected chi connectivity index (χ3v) is 7.96. The number of benzene rings is 2. The lowest BCUT2D eigenvalue weighted by atomic mass is 10.0. The van der Waals surface area contributed by atoms with Gasteiger partial charge in [0.1, 0.15) is 17.2 Å². The smallest absolute Gasteiger partial charge is 0.226 e. The molecule has 1 unspecified atom stereocenters. The van der Waals surface area contributed by atoms with E-state index in [4.69, 9.17) is 10.2 Å². The van der Waals surface area contributed by atoms with Gasteiger partial charge in [0, 0.05) is 34.0 Å². The van der Waals surface area contributed by atoms with Crippen LogP contribution in [0.5, 0.6) is 0 Å². The molecule has 31 heavy (non-hydrogen) atoms. The summed E-state index contributed by atoms with van der Waals surface area (Å²) in [4.78, 5) is 9.44. The molecule has 2 aromatic heterocycles. The molecule has 4 aromatic rings. The van der Waals surface area contributed by atoms with E-state index in [0.717, 1.165) is 10.3 Å². The van der Waals surface area contributed by atoms with Gasteiger partial charge in [0.05, 0.1) is 11.1 Å². The molecule has 0 saturated heterocycles. The van der Waals surface area contributed by atoms with Crippen LogP contribution in [0.4, 0.5) is 8.78 Å². The maximum atomic E-state index is 15.5. The highest BCUT2D eigenvalue weighted by Crippen LogP contribution is 2.45. The molecule has 3 heterocycles. The van der Waals surface area contributed by atoms with Gasteiger partial charge >= 0.3 is 0 Å². The number of hydrogen-bond acceptors (Lipinski definition) is 7. The standard InChI is InChI=1S/C22H18F2N4OS2/c1-22(11-30-28(2)21(25)27-22)19-17(24)15-5-3-4-14(18(15)31-19)16-10-26-20(29-16)12-6-8-13(23)9-7-12/h3-10H,11H2,1-2H3,(H2,25,27). The number of halogens is 2. The van der Waals surface area contributed by atoms with Crippen LogP contribution >= 0.6 is 23.3 Å². The van der Waals surface area contributed by atoms with E-state index in [9.17, 15) is 4.39 Å². The molecule has 0 aliphatic carbocycles. The number of guanidine groups is 1. The predicted octanol–water partition coefficient (Wildman–Crippen LogP) is 5.63. The fraction of sp³-hybridized carbons (Fsp3) is 0.182. The van der Waals surface area contributed by atoms with Gasteiger partial charge in [0.15, 0.2) is 5.76 Å². The molecule has 0 saturated carbocycles. The second kappa shape index (κ2) is 7.35. The number of thiophene rings is 1. The summed E-state index contributed by atoms with van der Waals surface area (Å²) >= 11 is 2.87. The first kappa shape index (κ1) is 20.0. The molecule has 0 bridgehead atoms. The van der Waals surface area contributed by atoms with E-state index in [1.54, 1.807) is 34.8 Å². The van der Waals surface area contributed by atoms with Gasteiger partial charge in [0.25, 0.3) is 0 Å². The summed E-state index contributed by atoms with van der Waals surface area (Å²) in [5.41, 5.74) is 6.67. The van der Waals surface area contributed by atoms with Crippen LogP contribution in [-0.4, -0.2) is 28.0 Å². The van der Waals surface area contributed by atoms with E-state index in [2.05, 4.69) is 9.98 Å². The maximum absolute atomic E-state index is 15.5. The largest absolute Gasteiger partial charge is 0.436 e. The number of nitrogens with zero attached hydrogens (tertiary/aromatic N) is 3. The normalized spacial score (nSPS) is 19.1. The lowest BCUT2D eigenvalue weighted by Gasteiger charge is -2.32. The Bertz CT molecular complexity index is 1320. The minimum absolute atomic E-state index is 0.288. The van der Waals surface area contributed by atoms with Crippen molar-refractivity contribution in [1.82, 2.24) is 9.29 Å². The van der Waals surface area contributed by atoms with E-state index >= 15 is 4.39 Å². The van der Waals surface area contributed by atoms with E-state index in [0.29, 0.717) is 39.2 Å². The van der Waals surface area contributed by atoms with Crippen LogP contribution in [0.1, 0.15) is 11.8 Å². The van der Waals surface area contributed by atoms with E-state index < -0.39 is 5.54 Å². The molecule has 158 valence electrons. The molecular weight excluding hydrogens is 438 g/mol. The van der Waals surface area contributed by atoms with Crippen molar-refractivity contribution >= 4 is 39.3 Å². The fourth-order valence-corrected chi connectivity index (χ4v) is 5.72. The molecule has 9 heteroatoms. The Balaban J connectivity index is 1.61. The molecule has 0 amide bonds. The molecule has 1 aliphatic heterocycles. The number of aliphatic imine (C=N–C) groups is 1. The minimum atomic E-state index is -0.757. The average molecular weight is 457 g/mol. The van der Waals surface area contributed by atoms with Crippen LogP contribution in [0.3, 0.4) is 0 Å². The van der Waals surface area contributed by atoms with Crippen LogP contribution in [0.15, 0.2) is 58.1 Å². The molecule has 1 aliphatic rings. The first-order chi connectivity index (χ1) is 14.9.